The Morgan fingerprint density at radius 3 is 2.68 bits per heavy atom. The summed E-state index contributed by atoms with van der Waals surface area (Å²) < 4.78 is 7.40. The maximum Gasteiger partial charge on any atom is 0.140 e. The standard InChI is InChI=1S/C14H10Cl3N3OS/c1-20-5-8(4-18-20)14-19-9(7-22-14)6-21-13-3-11(16)10(15)2-12(13)17/h2-5,7H,6H2,1H3. The van der Waals surface area contributed by atoms with E-state index in [0.29, 0.717) is 27.4 Å². The van der Waals surface area contributed by atoms with E-state index in [0.717, 1.165) is 16.3 Å². The van der Waals surface area contributed by atoms with Gasteiger partial charge in [-0.3, -0.25) is 4.68 Å². The van der Waals surface area contributed by atoms with Crippen molar-refractivity contribution in [3.63, 3.8) is 0 Å². The third-order valence-corrected chi connectivity index (χ3v) is 4.81. The summed E-state index contributed by atoms with van der Waals surface area (Å²) in [7, 11) is 1.87. The summed E-state index contributed by atoms with van der Waals surface area (Å²) in [5, 5.41) is 8.17. The van der Waals surface area contributed by atoms with Crippen LogP contribution in [0.4, 0.5) is 0 Å². The molecule has 0 N–H and O–H groups in total. The van der Waals surface area contributed by atoms with Gasteiger partial charge in [-0.05, 0) is 6.07 Å². The van der Waals surface area contributed by atoms with Gasteiger partial charge in [0.2, 0.25) is 0 Å². The topological polar surface area (TPSA) is 39.9 Å². The van der Waals surface area contributed by atoms with E-state index < -0.39 is 0 Å². The van der Waals surface area contributed by atoms with Gasteiger partial charge in [-0.25, -0.2) is 4.98 Å². The second-order valence-electron chi connectivity index (χ2n) is 4.53. The van der Waals surface area contributed by atoms with Gasteiger partial charge in [0.1, 0.15) is 17.4 Å². The predicted octanol–water partition coefficient (Wildman–Crippen LogP) is 5.08. The SMILES string of the molecule is Cn1cc(-c2nc(COc3cc(Cl)c(Cl)cc3Cl)cs2)cn1. The van der Waals surface area contributed by atoms with Crippen molar-refractivity contribution in [1.29, 1.82) is 0 Å². The molecule has 0 unspecified atom stereocenters. The molecule has 1 aromatic carbocycles. The number of hydrogen-bond acceptors (Lipinski definition) is 4. The van der Waals surface area contributed by atoms with Crippen molar-refractivity contribution in [2.75, 3.05) is 0 Å². The summed E-state index contributed by atoms with van der Waals surface area (Å²) in [5.41, 5.74) is 1.79. The van der Waals surface area contributed by atoms with Crippen LogP contribution in [0.3, 0.4) is 0 Å². The van der Waals surface area contributed by atoms with Crippen LogP contribution in [0.25, 0.3) is 10.6 Å². The maximum atomic E-state index is 6.07. The van der Waals surface area contributed by atoms with E-state index in [1.165, 1.54) is 11.3 Å². The number of thiazole rings is 1. The van der Waals surface area contributed by atoms with E-state index >= 15 is 0 Å². The Morgan fingerprint density at radius 2 is 1.95 bits per heavy atom. The van der Waals surface area contributed by atoms with Gasteiger partial charge < -0.3 is 4.74 Å². The van der Waals surface area contributed by atoms with Gasteiger partial charge in [0.15, 0.2) is 0 Å². The van der Waals surface area contributed by atoms with Crippen molar-refractivity contribution in [3.8, 4) is 16.3 Å². The van der Waals surface area contributed by atoms with Crippen molar-refractivity contribution >= 4 is 46.1 Å². The zero-order valence-corrected chi connectivity index (χ0v) is 14.5. The Kier molecular flexibility index (Phi) is 4.59. The summed E-state index contributed by atoms with van der Waals surface area (Å²) >= 11 is 19.5. The Morgan fingerprint density at radius 1 is 1.18 bits per heavy atom. The van der Waals surface area contributed by atoms with Crippen LogP contribution in [0.5, 0.6) is 5.75 Å². The van der Waals surface area contributed by atoms with Crippen LogP contribution in [-0.4, -0.2) is 14.8 Å². The van der Waals surface area contributed by atoms with Crippen molar-refractivity contribution in [3.05, 3.63) is 50.7 Å². The number of hydrogen-bond donors (Lipinski definition) is 0. The highest BCUT2D eigenvalue weighted by Gasteiger charge is 2.10. The van der Waals surface area contributed by atoms with Crippen LogP contribution >= 0.6 is 46.1 Å². The average Bonchev–Trinajstić information content (AvgIpc) is 3.10. The molecule has 114 valence electrons. The smallest absolute Gasteiger partial charge is 0.140 e. The molecular weight excluding hydrogens is 365 g/mol. The number of nitrogens with zero attached hydrogens (tertiary/aromatic N) is 3. The molecule has 8 heteroatoms. The average molecular weight is 375 g/mol. The van der Waals surface area contributed by atoms with E-state index in [2.05, 4.69) is 10.1 Å². The first kappa shape index (κ1) is 15.6. The molecule has 0 aliphatic rings. The third kappa shape index (κ3) is 3.38. The second kappa shape index (κ2) is 6.46. The van der Waals surface area contributed by atoms with Crippen LogP contribution in [0.1, 0.15) is 5.69 Å². The van der Waals surface area contributed by atoms with E-state index in [9.17, 15) is 0 Å². The first-order valence-electron chi connectivity index (χ1n) is 6.23. The molecular formula is C14H10Cl3N3OS. The highest BCUT2D eigenvalue weighted by atomic mass is 35.5. The Hall–Kier alpha value is -1.27. The molecule has 0 atom stereocenters. The van der Waals surface area contributed by atoms with E-state index in [-0.39, 0.29) is 0 Å². The lowest BCUT2D eigenvalue weighted by Gasteiger charge is -2.07. The van der Waals surface area contributed by atoms with Crippen LogP contribution < -0.4 is 4.74 Å². The number of benzene rings is 1. The highest BCUT2D eigenvalue weighted by molar-refractivity contribution is 7.13. The van der Waals surface area contributed by atoms with Gasteiger partial charge >= 0.3 is 0 Å². The lowest BCUT2D eigenvalue weighted by Crippen LogP contribution is -1.96. The molecule has 3 rings (SSSR count). The van der Waals surface area contributed by atoms with Crippen molar-refractivity contribution in [1.82, 2.24) is 14.8 Å². The Bertz CT molecular complexity index is 816. The number of halogens is 3. The highest BCUT2D eigenvalue weighted by Crippen LogP contribution is 2.34. The molecule has 2 aromatic heterocycles. The predicted molar refractivity (Wildman–Crippen MR) is 90.1 cm³/mol. The second-order valence-corrected chi connectivity index (χ2v) is 6.61. The van der Waals surface area contributed by atoms with Gasteiger partial charge in [0, 0.05) is 30.3 Å². The van der Waals surface area contributed by atoms with Crippen LogP contribution in [-0.2, 0) is 13.7 Å². The zero-order valence-electron chi connectivity index (χ0n) is 11.4. The normalized spacial score (nSPS) is 10.9. The molecule has 0 saturated heterocycles. The van der Waals surface area contributed by atoms with E-state index in [1.54, 1.807) is 23.0 Å². The van der Waals surface area contributed by atoms with Crippen molar-refractivity contribution in [2.24, 2.45) is 7.05 Å². The first-order valence-corrected chi connectivity index (χ1v) is 8.25. The fourth-order valence-corrected chi connectivity index (χ4v) is 3.18. The lowest BCUT2D eigenvalue weighted by atomic mass is 10.3. The summed E-state index contributed by atoms with van der Waals surface area (Å²) in [5.74, 6) is 0.479. The first-order chi connectivity index (χ1) is 10.5. The van der Waals surface area contributed by atoms with Crippen molar-refractivity contribution < 1.29 is 4.74 Å². The van der Waals surface area contributed by atoms with Gasteiger partial charge in [-0.15, -0.1) is 11.3 Å². The summed E-state index contributed by atoms with van der Waals surface area (Å²) in [6.45, 7) is 0.300. The number of aryl methyl sites for hydroxylation is 1. The van der Waals surface area contributed by atoms with Gasteiger partial charge in [0.25, 0.3) is 0 Å². The number of ether oxygens (including phenoxy) is 1. The minimum atomic E-state index is 0.300. The molecule has 2 heterocycles. The van der Waals surface area contributed by atoms with Crippen LogP contribution in [0.15, 0.2) is 29.9 Å². The number of rotatable bonds is 4. The summed E-state index contributed by atoms with van der Waals surface area (Å²) in [6.07, 6.45) is 3.69. The summed E-state index contributed by atoms with van der Waals surface area (Å²) in [6, 6.07) is 3.16. The largest absolute Gasteiger partial charge is 0.486 e. The third-order valence-electron chi connectivity index (χ3n) is 2.85. The fraction of sp³-hybridized carbons (Fsp3) is 0.143. The molecule has 0 amide bonds. The lowest BCUT2D eigenvalue weighted by molar-refractivity contribution is 0.302. The van der Waals surface area contributed by atoms with Crippen LogP contribution in [0.2, 0.25) is 15.1 Å². The molecule has 0 aliphatic heterocycles. The molecule has 0 aliphatic carbocycles. The molecule has 0 fully saturated rings. The van der Waals surface area contributed by atoms with Crippen LogP contribution in [0, 0.1) is 0 Å². The molecule has 4 nitrogen and oxygen atoms in total. The molecule has 22 heavy (non-hydrogen) atoms. The van der Waals surface area contributed by atoms with E-state index in [4.69, 9.17) is 39.5 Å². The Balaban J connectivity index is 1.72. The molecule has 0 bridgehead atoms. The van der Waals surface area contributed by atoms with E-state index in [1.807, 2.05) is 18.6 Å². The molecule has 0 spiro atoms. The number of aromatic nitrogens is 3. The monoisotopic (exact) mass is 373 g/mol. The summed E-state index contributed by atoms with van der Waals surface area (Å²) in [4.78, 5) is 4.52. The van der Waals surface area contributed by atoms with Gasteiger partial charge in [-0.2, -0.15) is 5.10 Å². The molecule has 0 saturated carbocycles. The Labute approximate surface area is 146 Å². The maximum absolute atomic E-state index is 6.07. The minimum absolute atomic E-state index is 0.300. The van der Waals surface area contributed by atoms with Gasteiger partial charge in [-0.1, -0.05) is 34.8 Å². The quantitative estimate of drug-likeness (QED) is 0.598. The molecule has 3 aromatic rings. The molecule has 0 radical (unpaired) electrons. The minimum Gasteiger partial charge on any atom is -0.486 e. The van der Waals surface area contributed by atoms with Crippen molar-refractivity contribution in [2.45, 2.75) is 6.61 Å². The van der Waals surface area contributed by atoms with Gasteiger partial charge in [0.05, 0.1) is 27.0 Å². The zero-order chi connectivity index (χ0) is 15.7. The fourth-order valence-electron chi connectivity index (χ4n) is 1.80.